The molecule has 2 aliphatic heterocycles. The number of hydrogen-bond donors (Lipinski definition) is 0. The second kappa shape index (κ2) is 6.71. The van der Waals surface area contributed by atoms with Crippen LogP contribution in [-0.2, 0) is 20.7 Å². The fourth-order valence-electron chi connectivity index (χ4n) is 3.17. The second-order valence-corrected chi connectivity index (χ2v) is 6.63. The predicted octanol–water partition coefficient (Wildman–Crippen LogP) is 2.41. The Morgan fingerprint density at radius 2 is 2.20 bits per heavy atom. The van der Waals surface area contributed by atoms with E-state index < -0.39 is 0 Å². The minimum atomic E-state index is -0.131. The largest absolute Gasteiger partial charge is 0.376 e. The van der Waals surface area contributed by atoms with Gasteiger partial charge in [0.25, 0.3) is 0 Å². The van der Waals surface area contributed by atoms with E-state index in [1.54, 1.807) is 4.90 Å². The van der Waals surface area contributed by atoms with Gasteiger partial charge in [0.1, 0.15) is 5.82 Å². The van der Waals surface area contributed by atoms with Crippen LogP contribution in [-0.4, -0.2) is 48.3 Å². The smallest absolute Gasteiger partial charge is 0.232 e. The third-order valence-electron chi connectivity index (χ3n) is 4.43. The number of anilines is 1. The number of aromatic nitrogens is 2. The number of halogens is 1. The number of amides is 1. The highest BCUT2D eigenvalue weighted by Crippen LogP contribution is 2.32. The zero-order valence-corrected chi connectivity index (χ0v) is 14.6. The fourth-order valence-corrected chi connectivity index (χ4v) is 3.36. The topological polar surface area (TPSA) is 64.6 Å². The summed E-state index contributed by atoms with van der Waals surface area (Å²) >= 11 is 6.08. The van der Waals surface area contributed by atoms with Crippen molar-refractivity contribution in [2.24, 2.45) is 0 Å². The summed E-state index contributed by atoms with van der Waals surface area (Å²) in [7, 11) is 0. The molecule has 0 aliphatic carbocycles. The Hall–Kier alpha value is -2.02. The van der Waals surface area contributed by atoms with Crippen molar-refractivity contribution in [3.8, 4) is 11.4 Å². The van der Waals surface area contributed by atoms with Gasteiger partial charge in [-0.1, -0.05) is 23.7 Å². The summed E-state index contributed by atoms with van der Waals surface area (Å²) in [6.07, 6.45) is 0.193. The Kier molecular flexibility index (Phi) is 4.41. The molecule has 1 amide bonds. The molecular formula is C18H18ClN3O3. The highest BCUT2D eigenvalue weighted by Gasteiger charge is 2.33. The fraction of sp³-hybridized carbons (Fsp3) is 0.389. The average molecular weight is 360 g/mol. The molecule has 0 unspecified atom stereocenters. The Morgan fingerprint density at radius 1 is 1.32 bits per heavy atom. The van der Waals surface area contributed by atoms with E-state index >= 15 is 0 Å². The van der Waals surface area contributed by atoms with Crippen LogP contribution in [0.15, 0.2) is 24.3 Å². The van der Waals surface area contributed by atoms with Gasteiger partial charge in [0.15, 0.2) is 5.82 Å². The molecule has 0 radical (unpaired) electrons. The molecule has 0 N–H and O–H groups in total. The van der Waals surface area contributed by atoms with Crippen molar-refractivity contribution >= 4 is 23.3 Å². The Labute approximate surface area is 150 Å². The van der Waals surface area contributed by atoms with E-state index in [0.717, 1.165) is 16.8 Å². The number of carbonyl (C=O) groups is 1. The van der Waals surface area contributed by atoms with Gasteiger partial charge in [-0.05, 0) is 19.1 Å². The SMILES string of the molecule is Cc1nc(-c2cccc(Cl)c2)nc2c1CC(=O)N2C[C@@H]1COCCO1. The summed E-state index contributed by atoms with van der Waals surface area (Å²) in [5, 5.41) is 0.625. The highest BCUT2D eigenvalue weighted by atomic mass is 35.5. The summed E-state index contributed by atoms with van der Waals surface area (Å²) in [5.74, 6) is 1.26. The Balaban J connectivity index is 1.69. The van der Waals surface area contributed by atoms with Gasteiger partial charge >= 0.3 is 0 Å². The van der Waals surface area contributed by atoms with Gasteiger partial charge in [-0.15, -0.1) is 0 Å². The molecule has 7 heteroatoms. The van der Waals surface area contributed by atoms with Crippen LogP contribution in [0.3, 0.4) is 0 Å². The van der Waals surface area contributed by atoms with Crippen LogP contribution in [0.4, 0.5) is 5.82 Å². The standard InChI is InChI=1S/C18H18ClN3O3/c1-11-15-8-16(23)22(9-14-10-24-5-6-25-14)18(15)21-17(20-11)12-3-2-4-13(19)7-12/h2-4,7,14H,5-6,8-10H2,1H3/t14-/m1/s1. The number of aryl methyl sites for hydroxylation is 1. The second-order valence-electron chi connectivity index (χ2n) is 6.19. The molecule has 4 rings (SSSR count). The van der Waals surface area contributed by atoms with E-state index in [-0.39, 0.29) is 12.0 Å². The zero-order valence-electron chi connectivity index (χ0n) is 13.9. The van der Waals surface area contributed by atoms with E-state index in [0.29, 0.717) is 49.5 Å². The van der Waals surface area contributed by atoms with Crippen molar-refractivity contribution in [3.63, 3.8) is 0 Å². The van der Waals surface area contributed by atoms with Crippen LogP contribution < -0.4 is 4.90 Å². The van der Waals surface area contributed by atoms with E-state index in [1.807, 2.05) is 31.2 Å². The molecule has 3 heterocycles. The lowest BCUT2D eigenvalue weighted by Crippen LogP contribution is -2.41. The Morgan fingerprint density at radius 3 is 2.96 bits per heavy atom. The summed E-state index contributed by atoms with van der Waals surface area (Å²) in [4.78, 5) is 23.4. The first-order valence-corrected chi connectivity index (χ1v) is 8.63. The van der Waals surface area contributed by atoms with Crippen molar-refractivity contribution in [2.75, 3.05) is 31.3 Å². The van der Waals surface area contributed by atoms with Crippen molar-refractivity contribution in [1.29, 1.82) is 0 Å². The maximum Gasteiger partial charge on any atom is 0.232 e. The highest BCUT2D eigenvalue weighted by molar-refractivity contribution is 6.30. The van der Waals surface area contributed by atoms with Gasteiger partial charge in [-0.3, -0.25) is 9.69 Å². The molecule has 0 saturated carbocycles. The van der Waals surface area contributed by atoms with Crippen LogP contribution in [0.5, 0.6) is 0 Å². The minimum Gasteiger partial charge on any atom is -0.376 e. The number of carbonyl (C=O) groups excluding carboxylic acids is 1. The van der Waals surface area contributed by atoms with E-state index in [9.17, 15) is 4.79 Å². The number of benzene rings is 1. The summed E-state index contributed by atoms with van der Waals surface area (Å²) in [5.41, 5.74) is 2.53. The average Bonchev–Trinajstić information content (AvgIpc) is 2.92. The maximum absolute atomic E-state index is 12.5. The molecule has 0 spiro atoms. The lowest BCUT2D eigenvalue weighted by atomic mass is 10.1. The monoisotopic (exact) mass is 359 g/mol. The van der Waals surface area contributed by atoms with Crippen LogP contribution >= 0.6 is 11.6 Å². The summed E-state index contributed by atoms with van der Waals surface area (Å²) < 4.78 is 11.1. The number of fused-ring (bicyclic) bond motifs is 1. The number of rotatable bonds is 3. The van der Waals surface area contributed by atoms with E-state index in [4.69, 9.17) is 21.1 Å². The molecule has 2 aromatic rings. The molecule has 1 atom stereocenters. The summed E-state index contributed by atoms with van der Waals surface area (Å²) in [6, 6.07) is 7.40. The summed E-state index contributed by atoms with van der Waals surface area (Å²) in [6.45, 7) is 3.99. The quantitative estimate of drug-likeness (QED) is 0.842. The minimum absolute atomic E-state index is 0.0183. The number of nitrogens with zero attached hydrogens (tertiary/aromatic N) is 3. The van der Waals surface area contributed by atoms with Crippen LogP contribution in [0.2, 0.25) is 5.02 Å². The number of ether oxygens (including phenoxy) is 2. The normalized spacial score (nSPS) is 20.0. The van der Waals surface area contributed by atoms with Crippen LogP contribution in [0.25, 0.3) is 11.4 Å². The molecule has 1 fully saturated rings. The third-order valence-corrected chi connectivity index (χ3v) is 4.67. The molecule has 1 saturated heterocycles. The van der Waals surface area contributed by atoms with Gasteiger partial charge in [-0.2, -0.15) is 0 Å². The van der Waals surface area contributed by atoms with Gasteiger partial charge in [0.2, 0.25) is 5.91 Å². The molecule has 2 aliphatic rings. The van der Waals surface area contributed by atoms with Gasteiger partial charge in [0, 0.05) is 21.8 Å². The Bertz CT molecular complexity index is 821. The van der Waals surface area contributed by atoms with E-state index in [2.05, 4.69) is 9.97 Å². The van der Waals surface area contributed by atoms with E-state index in [1.165, 1.54) is 0 Å². The molecule has 1 aromatic heterocycles. The molecule has 6 nitrogen and oxygen atoms in total. The van der Waals surface area contributed by atoms with Gasteiger partial charge < -0.3 is 9.47 Å². The molecule has 1 aromatic carbocycles. The number of hydrogen-bond acceptors (Lipinski definition) is 5. The maximum atomic E-state index is 12.5. The lowest BCUT2D eigenvalue weighted by Gasteiger charge is -2.27. The van der Waals surface area contributed by atoms with Gasteiger partial charge in [0.05, 0.1) is 38.9 Å². The third kappa shape index (κ3) is 3.25. The molecule has 130 valence electrons. The van der Waals surface area contributed by atoms with Crippen LogP contribution in [0, 0.1) is 6.92 Å². The molecule has 25 heavy (non-hydrogen) atoms. The zero-order chi connectivity index (χ0) is 17.4. The van der Waals surface area contributed by atoms with Crippen molar-refractivity contribution in [2.45, 2.75) is 19.4 Å². The molecular weight excluding hydrogens is 342 g/mol. The molecule has 0 bridgehead atoms. The van der Waals surface area contributed by atoms with Crippen molar-refractivity contribution in [3.05, 3.63) is 40.5 Å². The predicted molar refractivity (Wildman–Crippen MR) is 93.8 cm³/mol. The lowest BCUT2D eigenvalue weighted by molar-refractivity contribution is -0.119. The first-order valence-electron chi connectivity index (χ1n) is 8.25. The van der Waals surface area contributed by atoms with Gasteiger partial charge in [-0.25, -0.2) is 9.97 Å². The van der Waals surface area contributed by atoms with Crippen molar-refractivity contribution < 1.29 is 14.3 Å². The van der Waals surface area contributed by atoms with Crippen molar-refractivity contribution in [1.82, 2.24) is 9.97 Å². The van der Waals surface area contributed by atoms with Crippen LogP contribution in [0.1, 0.15) is 11.3 Å². The first kappa shape index (κ1) is 16.4. The first-order chi connectivity index (χ1) is 12.1.